The van der Waals surface area contributed by atoms with Gasteiger partial charge in [0.15, 0.2) is 0 Å². The van der Waals surface area contributed by atoms with Crippen LogP contribution in [-0.2, 0) is 4.74 Å². The molecule has 28 heavy (non-hydrogen) atoms. The maximum Gasteiger partial charge on any atom is 0.338 e. The summed E-state index contributed by atoms with van der Waals surface area (Å²) >= 11 is 0. The van der Waals surface area contributed by atoms with Crippen LogP contribution in [0.4, 0.5) is 0 Å². The molecule has 5 nitrogen and oxygen atoms in total. The highest BCUT2D eigenvalue weighted by molar-refractivity contribution is 5.89. The number of carbonyl (C=O) groups is 1. The standard InChI is InChI=1S/C23H28O5/c1-4-16-14-20(27-19-12-10-18(26-3)11-13-19)22(15(2)21(16)24)28-23(25)17-8-6-5-7-9-17/h5-13,15-16,20-22,24H,4,14H2,1-3H3/t15-,16?,20+,21-,22?/m0/s1. The van der Waals surface area contributed by atoms with Gasteiger partial charge >= 0.3 is 5.97 Å². The molecular weight excluding hydrogens is 356 g/mol. The van der Waals surface area contributed by atoms with Crippen LogP contribution in [0, 0.1) is 11.8 Å². The number of ether oxygens (including phenoxy) is 3. The van der Waals surface area contributed by atoms with Crippen LogP contribution in [0.2, 0.25) is 0 Å². The van der Waals surface area contributed by atoms with E-state index in [9.17, 15) is 9.90 Å². The molecule has 2 aromatic carbocycles. The van der Waals surface area contributed by atoms with Gasteiger partial charge in [-0.15, -0.1) is 0 Å². The third-order valence-corrected chi connectivity index (χ3v) is 5.57. The largest absolute Gasteiger partial charge is 0.497 e. The minimum atomic E-state index is -0.535. The SMILES string of the molecule is CCC1C[C@@H](Oc2ccc(OC)cc2)C(OC(=O)c2ccccc2)[C@@H](C)[C@@H]1O. The van der Waals surface area contributed by atoms with Crippen molar-refractivity contribution in [3.05, 3.63) is 60.2 Å². The van der Waals surface area contributed by atoms with Crippen LogP contribution >= 0.6 is 0 Å². The average molecular weight is 384 g/mol. The summed E-state index contributed by atoms with van der Waals surface area (Å²) in [6, 6.07) is 16.2. The van der Waals surface area contributed by atoms with Gasteiger partial charge in [-0.25, -0.2) is 4.79 Å². The molecule has 0 heterocycles. The molecule has 5 atom stereocenters. The summed E-state index contributed by atoms with van der Waals surface area (Å²) in [6.45, 7) is 3.97. The third-order valence-electron chi connectivity index (χ3n) is 5.57. The monoisotopic (exact) mass is 384 g/mol. The van der Waals surface area contributed by atoms with Gasteiger partial charge in [-0.3, -0.25) is 0 Å². The van der Waals surface area contributed by atoms with Crippen molar-refractivity contribution in [2.45, 2.75) is 45.0 Å². The molecule has 0 bridgehead atoms. The highest BCUT2D eigenvalue weighted by atomic mass is 16.6. The lowest BCUT2D eigenvalue weighted by Crippen LogP contribution is -2.52. The Balaban J connectivity index is 1.80. The molecule has 0 radical (unpaired) electrons. The molecule has 150 valence electrons. The minimum Gasteiger partial charge on any atom is -0.497 e. The summed E-state index contributed by atoms with van der Waals surface area (Å²) < 4.78 is 17.2. The first kappa shape index (κ1) is 20.2. The van der Waals surface area contributed by atoms with Crippen molar-refractivity contribution in [2.75, 3.05) is 7.11 Å². The van der Waals surface area contributed by atoms with E-state index in [2.05, 4.69) is 6.92 Å². The van der Waals surface area contributed by atoms with E-state index in [4.69, 9.17) is 14.2 Å². The van der Waals surface area contributed by atoms with Gasteiger partial charge in [0.25, 0.3) is 0 Å². The zero-order valence-corrected chi connectivity index (χ0v) is 16.6. The maximum atomic E-state index is 12.6. The predicted molar refractivity (Wildman–Crippen MR) is 107 cm³/mol. The van der Waals surface area contributed by atoms with E-state index in [0.717, 1.165) is 12.2 Å². The predicted octanol–water partition coefficient (Wildman–Crippen LogP) is 4.10. The molecule has 1 fully saturated rings. The first-order valence-electron chi connectivity index (χ1n) is 9.78. The lowest BCUT2D eigenvalue weighted by atomic mass is 9.75. The molecular formula is C23H28O5. The van der Waals surface area contributed by atoms with E-state index in [1.165, 1.54) is 0 Å². The van der Waals surface area contributed by atoms with Gasteiger partial charge in [-0.05, 0) is 48.7 Å². The topological polar surface area (TPSA) is 65.0 Å². The van der Waals surface area contributed by atoms with E-state index in [0.29, 0.717) is 17.7 Å². The number of rotatable bonds is 6. The molecule has 0 aliphatic heterocycles. The van der Waals surface area contributed by atoms with Crippen molar-refractivity contribution in [2.24, 2.45) is 11.8 Å². The minimum absolute atomic E-state index is 0.102. The van der Waals surface area contributed by atoms with Crippen LogP contribution in [0.25, 0.3) is 0 Å². The molecule has 1 aliphatic carbocycles. The number of esters is 1. The van der Waals surface area contributed by atoms with Crippen LogP contribution in [0.15, 0.2) is 54.6 Å². The summed E-state index contributed by atoms with van der Waals surface area (Å²) in [5.74, 6) is 0.908. The Bertz CT molecular complexity index is 758. The van der Waals surface area contributed by atoms with Crippen molar-refractivity contribution < 1.29 is 24.1 Å². The fourth-order valence-electron chi connectivity index (χ4n) is 3.84. The first-order chi connectivity index (χ1) is 13.5. The fourth-order valence-corrected chi connectivity index (χ4v) is 3.84. The molecule has 2 unspecified atom stereocenters. The van der Waals surface area contributed by atoms with Gasteiger partial charge < -0.3 is 19.3 Å². The summed E-state index contributed by atoms with van der Waals surface area (Å²) in [5, 5.41) is 10.7. The van der Waals surface area contributed by atoms with E-state index in [-0.39, 0.29) is 17.9 Å². The van der Waals surface area contributed by atoms with Gasteiger partial charge in [-0.2, -0.15) is 0 Å². The van der Waals surface area contributed by atoms with E-state index >= 15 is 0 Å². The normalized spacial score (nSPS) is 27.1. The number of aliphatic hydroxyl groups is 1. The van der Waals surface area contributed by atoms with Crippen LogP contribution in [0.3, 0.4) is 0 Å². The Kier molecular flexibility index (Phi) is 6.57. The summed E-state index contributed by atoms with van der Waals surface area (Å²) in [7, 11) is 1.62. The quantitative estimate of drug-likeness (QED) is 0.760. The summed E-state index contributed by atoms with van der Waals surface area (Å²) in [4.78, 5) is 12.6. The van der Waals surface area contributed by atoms with Crippen molar-refractivity contribution in [1.29, 1.82) is 0 Å². The van der Waals surface area contributed by atoms with E-state index in [1.807, 2.05) is 37.3 Å². The zero-order valence-electron chi connectivity index (χ0n) is 16.6. The molecule has 1 N–H and O–H groups in total. The Morgan fingerprint density at radius 2 is 1.71 bits per heavy atom. The Morgan fingerprint density at radius 3 is 2.32 bits per heavy atom. The first-order valence-corrected chi connectivity index (χ1v) is 9.78. The third kappa shape index (κ3) is 4.47. The van der Waals surface area contributed by atoms with Crippen molar-refractivity contribution in [3.63, 3.8) is 0 Å². The van der Waals surface area contributed by atoms with Gasteiger partial charge in [0.05, 0.1) is 18.8 Å². The van der Waals surface area contributed by atoms with Gasteiger partial charge in [0, 0.05) is 5.92 Å². The van der Waals surface area contributed by atoms with Gasteiger partial charge in [-0.1, -0.05) is 38.5 Å². The van der Waals surface area contributed by atoms with E-state index < -0.39 is 18.2 Å². The Labute approximate surface area is 166 Å². The number of methoxy groups -OCH3 is 1. The Hall–Kier alpha value is -2.53. The molecule has 5 heteroatoms. The average Bonchev–Trinajstić information content (AvgIpc) is 2.74. The van der Waals surface area contributed by atoms with Gasteiger partial charge in [0.1, 0.15) is 23.7 Å². The second-order valence-electron chi connectivity index (χ2n) is 7.32. The number of hydrogen-bond donors (Lipinski definition) is 1. The maximum absolute atomic E-state index is 12.6. The van der Waals surface area contributed by atoms with Crippen molar-refractivity contribution in [1.82, 2.24) is 0 Å². The Morgan fingerprint density at radius 1 is 1.07 bits per heavy atom. The number of benzene rings is 2. The van der Waals surface area contributed by atoms with Crippen molar-refractivity contribution >= 4 is 5.97 Å². The van der Waals surface area contributed by atoms with E-state index in [1.54, 1.807) is 31.4 Å². The molecule has 1 aliphatic rings. The molecule has 1 saturated carbocycles. The van der Waals surface area contributed by atoms with Crippen LogP contribution in [0.5, 0.6) is 11.5 Å². The van der Waals surface area contributed by atoms with Crippen LogP contribution in [0.1, 0.15) is 37.0 Å². The van der Waals surface area contributed by atoms with Gasteiger partial charge in [0.2, 0.25) is 0 Å². The molecule has 0 saturated heterocycles. The van der Waals surface area contributed by atoms with Crippen molar-refractivity contribution in [3.8, 4) is 11.5 Å². The van der Waals surface area contributed by atoms with Crippen LogP contribution < -0.4 is 9.47 Å². The number of aliphatic hydroxyl groups excluding tert-OH is 1. The van der Waals surface area contributed by atoms with Crippen LogP contribution in [-0.4, -0.2) is 36.5 Å². The number of hydrogen-bond acceptors (Lipinski definition) is 5. The zero-order chi connectivity index (χ0) is 20.1. The fraction of sp³-hybridized carbons (Fsp3) is 0.435. The molecule has 2 aromatic rings. The molecule has 3 rings (SSSR count). The molecule has 0 amide bonds. The summed E-state index contributed by atoms with van der Waals surface area (Å²) in [6.07, 6.45) is 0.0694. The highest BCUT2D eigenvalue weighted by Gasteiger charge is 2.44. The second kappa shape index (κ2) is 9.11. The lowest BCUT2D eigenvalue weighted by Gasteiger charge is -2.42. The highest BCUT2D eigenvalue weighted by Crippen LogP contribution is 2.36. The lowest BCUT2D eigenvalue weighted by molar-refractivity contribution is -0.113. The summed E-state index contributed by atoms with van der Waals surface area (Å²) in [5.41, 5.74) is 0.491. The number of carbonyl (C=O) groups excluding carboxylic acids is 1. The molecule has 0 spiro atoms. The molecule has 0 aromatic heterocycles. The smallest absolute Gasteiger partial charge is 0.338 e. The second-order valence-corrected chi connectivity index (χ2v) is 7.32.